The topological polar surface area (TPSA) is 190 Å². The van der Waals surface area contributed by atoms with E-state index in [2.05, 4.69) is 43.9 Å². The summed E-state index contributed by atoms with van der Waals surface area (Å²) >= 11 is 0. The van der Waals surface area contributed by atoms with Crippen LogP contribution in [0.5, 0.6) is 0 Å². The van der Waals surface area contributed by atoms with Crippen LogP contribution in [0.4, 0.5) is 0 Å². The number of hydrazine groups is 1. The standard InChI is InChI=1S/C20H33N7O4S/c1-14(24-9-5-8-15-6-3-2-4-7-15)19(27-22)20(25-13-21)26-17-10-16(18(28)11-17)12-31-32(23,29)30/h2-4,6-7,13,16-18,24,26-28H,1,5,8-12,22H2,(H2,21,25)(H2,23,29,30)/b20-19-. The number of nitrogens with two attached hydrogens (primary N) is 3. The number of nitrogens with one attached hydrogen (secondary N) is 3. The van der Waals surface area contributed by atoms with Crippen molar-refractivity contribution in [3.63, 3.8) is 0 Å². The quantitative estimate of drug-likeness (QED) is 0.0490. The van der Waals surface area contributed by atoms with Crippen molar-refractivity contribution < 1.29 is 17.7 Å². The van der Waals surface area contributed by atoms with Gasteiger partial charge >= 0.3 is 10.3 Å². The molecule has 1 aromatic rings. The molecule has 3 atom stereocenters. The molecule has 1 aliphatic carbocycles. The number of hydrogen-bond donors (Lipinski definition) is 7. The normalized spacial score (nSPS) is 21.9. The van der Waals surface area contributed by atoms with Gasteiger partial charge in [-0.1, -0.05) is 36.9 Å². The lowest BCUT2D eigenvalue weighted by molar-refractivity contribution is 0.101. The third kappa shape index (κ3) is 8.48. The Morgan fingerprint density at radius 2 is 2.03 bits per heavy atom. The van der Waals surface area contributed by atoms with E-state index < -0.39 is 22.3 Å². The number of rotatable bonds is 13. The number of aliphatic imine (C=N–C) groups is 1. The number of nitrogens with zero attached hydrogens (tertiary/aromatic N) is 1. The first-order chi connectivity index (χ1) is 15.2. The number of aliphatic hydroxyl groups excluding tert-OH is 1. The summed E-state index contributed by atoms with van der Waals surface area (Å²) < 4.78 is 26.6. The second-order valence-corrected chi connectivity index (χ2v) is 8.78. The van der Waals surface area contributed by atoms with Crippen LogP contribution in [0.3, 0.4) is 0 Å². The SMILES string of the molecule is C=C(NCCCc1ccccc1)/C(NN)=C(\N=C/N)NC1CC(O)C(COS(N)(=O)=O)C1. The monoisotopic (exact) mass is 467 g/mol. The fourth-order valence-electron chi connectivity index (χ4n) is 3.59. The molecule has 1 aromatic carbocycles. The van der Waals surface area contributed by atoms with Gasteiger partial charge in [-0.2, -0.15) is 8.42 Å². The predicted octanol–water partition coefficient (Wildman–Crippen LogP) is -0.709. The first kappa shape index (κ1) is 25.6. The molecule has 0 saturated heterocycles. The Bertz CT molecular complexity index is 906. The van der Waals surface area contributed by atoms with Gasteiger partial charge in [0.25, 0.3) is 0 Å². The molecule has 2 rings (SSSR count). The van der Waals surface area contributed by atoms with Crippen LogP contribution in [0, 0.1) is 5.92 Å². The fraction of sp³-hybridized carbons (Fsp3) is 0.450. The molecule has 32 heavy (non-hydrogen) atoms. The summed E-state index contributed by atoms with van der Waals surface area (Å²) in [4.78, 5) is 4.14. The molecule has 0 aromatic heterocycles. The molecule has 0 spiro atoms. The second kappa shape index (κ2) is 12.4. The smallest absolute Gasteiger partial charge is 0.333 e. The largest absolute Gasteiger partial charge is 0.393 e. The number of aryl methyl sites for hydroxylation is 1. The van der Waals surface area contributed by atoms with Gasteiger partial charge in [-0.25, -0.2) is 10.1 Å². The number of aliphatic hydroxyl groups is 1. The van der Waals surface area contributed by atoms with Crippen LogP contribution in [-0.2, 0) is 20.9 Å². The van der Waals surface area contributed by atoms with Crippen LogP contribution in [0.25, 0.3) is 0 Å². The maximum absolute atomic E-state index is 11.0. The maximum atomic E-state index is 11.0. The van der Waals surface area contributed by atoms with Gasteiger partial charge in [-0.15, -0.1) is 0 Å². The molecule has 0 aliphatic heterocycles. The lowest BCUT2D eigenvalue weighted by atomic mass is 10.1. The molecule has 1 saturated carbocycles. The summed E-state index contributed by atoms with van der Waals surface area (Å²) in [6.07, 6.45) is 2.97. The van der Waals surface area contributed by atoms with Crippen LogP contribution in [0.1, 0.15) is 24.8 Å². The van der Waals surface area contributed by atoms with E-state index in [1.807, 2.05) is 18.2 Å². The van der Waals surface area contributed by atoms with Crippen molar-refractivity contribution in [2.75, 3.05) is 13.2 Å². The molecular weight excluding hydrogens is 434 g/mol. The minimum absolute atomic E-state index is 0.199. The van der Waals surface area contributed by atoms with E-state index >= 15 is 0 Å². The van der Waals surface area contributed by atoms with Crippen LogP contribution < -0.4 is 32.8 Å². The molecule has 11 nitrogen and oxygen atoms in total. The molecule has 12 heteroatoms. The Balaban J connectivity index is 1.95. The summed E-state index contributed by atoms with van der Waals surface area (Å²) in [5.74, 6) is 5.66. The summed E-state index contributed by atoms with van der Waals surface area (Å²) in [6, 6.07) is 9.95. The highest BCUT2D eigenvalue weighted by atomic mass is 32.2. The van der Waals surface area contributed by atoms with Crippen LogP contribution in [-0.4, -0.2) is 45.2 Å². The molecule has 0 bridgehead atoms. The number of hydrogen-bond acceptors (Lipinski definition) is 9. The van der Waals surface area contributed by atoms with Gasteiger partial charge < -0.3 is 26.9 Å². The highest BCUT2D eigenvalue weighted by molar-refractivity contribution is 7.84. The lowest BCUT2D eigenvalue weighted by Crippen LogP contribution is -2.35. The average Bonchev–Trinajstić information content (AvgIpc) is 3.09. The van der Waals surface area contributed by atoms with Gasteiger partial charge in [0.05, 0.1) is 24.7 Å². The molecule has 0 amide bonds. The highest BCUT2D eigenvalue weighted by Gasteiger charge is 2.34. The number of benzene rings is 1. The van der Waals surface area contributed by atoms with Crippen LogP contribution in [0.2, 0.25) is 0 Å². The summed E-state index contributed by atoms with van der Waals surface area (Å²) in [6.45, 7) is 4.49. The summed E-state index contributed by atoms with van der Waals surface area (Å²) in [7, 11) is -4.07. The van der Waals surface area contributed by atoms with Crippen molar-refractivity contribution in [3.8, 4) is 0 Å². The molecule has 0 heterocycles. The molecular formula is C20H33N7O4S. The molecule has 0 radical (unpaired) electrons. The van der Waals surface area contributed by atoms with Crippen LogP contribution in [0.15, 0.2) is 59.1 Å². The minimum Gasteiger partial charge on any atom is -0.393 e. The van der Waals surface area contributed by atoms with Gasteiger partial charge in [-0.3, -0.25) is 10.0 Å². The van der Waals surface area contributed by atoms with Crippen molar-refractivity contribution in [1.29, 1.82) is 0 Å². The minimum atomic E-state index is -4.07. The first-order valence-electron chi connectivity index (χ1n) is 10.3. The molecule has 3 unspecified atom stereocenters. The molecule has 1 aliphatic rings. The van der Waals surface area contributed by atoms with E-state index in [9.17, 15) is 13.5 Å². The molecule has 178 valence electrons. The maximum Gasteiger partial charge on any atom is 0.333 e. The molecule has 1 fully saturated rings. The summed E-state index contributed by atoms with van der Waals surface area (Å²) in [5, 5.41) is 21.5. The van der Waals surface area contributed by atoms with Crippen LogP contribution >= 0.6 is 0 Å². The van der Waals surface area contributed by atoms with Gasteiger partial charge in [0.15, 0.2) is 5.82 Å². The second-order valence-electron chi connectivity index (χ2n) is 7.56. The predicted molar refractivity (Wildman–Crippen MR) is 124 cm³/mol. The Hall–Kier alpha value is -2.64. The third-order valence-electron chi connectivity index (χ3n) is 5.15. The van der Waals surface area contributed by atoms with Crippen molar-refractivity contribution in [2.45, 2.75) is 37.8 Å². The summed E-state index contributed by atoms with van der Waals surface area (Å²) in [5.41, 5.74) is 10.3. The van der Waals surface area contributed by atoms with Gasteiger partial charge in [0, 0.05) is 18.5 Å². The van der Waals surface area contributed by atoms with Gasteiger partial charge in [0.1, 0.15) is 5.70 Å². The fourth-order valence-corrected chi connectivity index (χ4v) is 3.95. The van der Waals surface area contributed by atoms with E-state index in [1.165, 1.54) is 5.56 Å². The zero-order chi connectivity index (χ0) is 23.6. The highest BCUT2D eigenvalue weighted by Crippen LogP contribution is 2.28. The van der Waals surface area contributed by atoms with Crippen molar-refractivity contribution in [3.05, 3.63) is 59.7 Å². The zero-order valence-corrected chi connectivity index (χ0v) is 18.7. The van der Waals surface area contributed by atoms with Crippen molar-refractivity contribution in [2.24, 2.45) is 27.6 Å². The Morgan fingerprint density at radius 1 is 1.31 bits per heavy atom. The van der Waals surface area contributed by atoms with E-state index in [0.717, 1.165) is 19.2 Å². The van der Waals surface area contributed by atoms with E-state index in [-0.39, 0.29) is 12.6 Å². The Labute approximate surface area is 189 Å². The van der Waals surface area contributed by atoms with Crippen molar-refractivity contribution >= 4 is 16.6 Å². The Morgan fingerprint density at radius 3 is 2.66 bits per heavy atom. The van der Waals surface area contributed by atoms with Gasteiger partial charge in [-0.05, 0) is 31.2 Å². The lowest BCUT2D eigenvalue weighted by Gasteiger charge is -2.20. The third-order valence-corrected chi connectivity index (χ3v) is 5.62. The van der Waals surface area contributed by atoms with Crippen molar-refractivity contribution in [1.82, 2.24) is 16.1 Å². The van der Waals surface area contributed by atoms with E-state index in [4.69, 9.17) is 16.7 Å². The van der Waals surface area contributed by atoms with Gasteiger partial charge in [0.2, 0.25) is 0 Å². The average molecular weight is 468 g/mol. The van der Waals surface area contributed by atoms with E-state index in [1.54, 1.807) is 0 Å². The zero-order valence-electron chi connectivity index (χ0n) is 17.9. The molecule has 10 N–H and O–H groups in total. The Kier molecular flexibility index (Phi) is 9.94. The van der Waals surface area contributed by atoms with E-state index in [0.29, 0.717) is 36.6 Å². The first-order valence-corrected chi connectivity index (χ1v) is 11.7.